The Kier molecular flexibility index (Phi) is 23.9. The van der Waals surface area contributed by atoms with Gasteiger partial charge >= 0.3 is 23.9 Å². The summed E-state index contributed by atoms with van der Waals surface area (Å²) in [5.41, 5.74) is 8.20. The van der Waals surface area contributed by atoms with E-state index in [2.05, 4.69) is 18.6 Å². The monoisotopic (exact) mass is 788 g/mol. The van der Waals surface area contributed by atoms with Crippen LogP contribution in [-0.4, -0.2) is 45.9 Å². The zero-order valence-corrected chi connectivity index (χ0v) is 34.0. The molecule has 0 aliphatic carbocycles. The van der Waals surface area contributed by atoms with E-state index < -0.39 is 11.9 Å². The van der Waals surface area contributed by atoms with E-state index in [9.17, 15) is 28.8 Å². The molecule has 2 aliphatic rings. The number of benzene rings is 2. The van der Waals surface area contributed by atoms with Crippen LogP contribution in [0.15, 0.2) is 60.7 Å². The Balaban J connectivity index is 0.000000327. The SMILES string of the molecule is CCCCCCCCCCC1CC(=O)N(c2ccc(C=CC(=O)O)cc2)C1=O.CCCCCCCCCCC1CC(=O)OC1=O.Nc1ccc(C=CC(=O)O)cc1. The highest BCUT2D eigenvalue weighted by Gasteiger charge is 2.38. The van der Waals surface area contributed by atoms with Crippen LogP contribution in [-0.2, 0) is 33.5 Å². The number of carbonyl (C=O) groups excluding carboxylic acids is 4. The van der Waals surface area contributed by atoms with Crippen molar-refractivity contribution >= 4 is 59.2 Å². The minimum atomic E-state index is -1.02. The molecule has 2 heterocycles. The van der Waals surface area contributed by atoms with Crippen LogP contribution in [0.3, 0.4) is 0 Å². The molecule has 0 spiro atoms. The number of imide groups is 1. The first-order valence-corrected chi connectivity index (χ1v) is 20.8. The van der Waals surface area contributed by atoms with E-state index in [4.69, 9.17) is 15.9 Å². The molecule has 2 unspecified atom stereocenters. The van der Waals surface area contributed by atoms with E-state index in [1.165, 1.54) is 101 Å². The summed E-state index contributed by atoms with van der Waals surface area (Å²) >= 11 is 0. The van der Waals surface area contributed by atoms with Gasteiger partial charge in [-0.3, -0.25) is 24.1 Å². The van der Waals surface area contributed by atoms with E-state index in [1.807, 2.05) is 0 Å². The molecule has 2 fully saturated rings. The quantitative estimate of drug-likeness (QED) is 0.0245. The van der Waals surface area contributed by atoms with Gasteiger partial charge in [0.1, 0.15) is 0 Å². The summed E-state index contributed by atoms with van der Waals surface area (Å²) in [6, 6.07) is 13.8. The van der Waals surface area contributed by atoms with Gasteiger partial charge in [0.2, 0.25) is 11.8 Å². The molecule has 2 saturated heterocycles. The Bertz CT molecular complexity index is 1600. The van der Waals surface area contributed by atoms with Crippen LogP contribution in [0.2, 0.25) is 0 Å². The Hall–Kier alpha value is -5.06. The molecule has 2 aromatic rings. The number of ether oxygens (including phenoxy) is 1. The van der Waals surface area contributed by atoms with Crippen molar-refractivity contribution in [2.24, 2.45) is 11.8 Å². The number of nitrogens with zero attached hydrogens (tertiary/aromatic N) is 1. The highest BCUT2D eigenvalue weighted by Crippen LogP contribution is 2.30. The molecule has 11 heteroatoms. The molecule has 4 rings (SSSR count). The highest BCUT2D eigenvalue weighted by molar-refractivity contribution is 6.20. The van der Waals surface area contributed by atoms with Gasteiger partial charge in [-0.25, -0.2) is 9.59 Å². The van der Waals surface area contributed by atoms with Gasteiger partial charge in [0.05, 0.1) is 18.0 Å². The number of anilines is 2. The Morgan fingerprint density at radius 3 is 1.47 bits per heavy atom. The number of nitrogens with two attached hydrogens (primary N) is 1. The second-order valence-corrected chi connectivity index (χ2v) is 14.8. The molecule has 11 nitrogen and oxygen atoms in total. The summed E-state index contributed by atoms with van der Waals surface area (Å²) < 4.78 is 4.52. The second kappa shape index (κ2) is 28.4. The number of amides is 2. The Labute approximate surface area is 338 Å². The second-order valence-electron chi connectivity index (χ2n) is 14.8. The smallest absolute Gasteiger partial charge is 0.328 e. The normalized spacial score (nSPS) is 16.4. The van der Waals surface area contributed by atoms with Gasteiger partial charge in [-0.15, -0.1) is 0 Å². The van der Waals surface area contributed by atoms with Gasteiger partial charge in [0.15, 0.2) is 0 Å². The topological polar surface area (TPSA) is 181 Å². The van der Waals surface area contributed by atoms with Crippen molar-refractivity contribution in [3.8, 4) is 0 Å². The van der Waals surface area contributed by atoms with Crippen LogP contribution >= 0.6 is 0 Å². The van der Waals surface area contributed by atoms with Crippen molar-refractivity contribution in [3.05, 3.63) is 71.8 Å². The van der Waals surface area contributed by atoms with Crippen molar-refractivity contribution in [1.29, 1.82) is 0 Å². The molecule has 2 atom stereocenters. The minimum absolute atomic E-state index is 0.109. The number of hydrogen-bond donors (Lipinski definition) is 3. The van der Waals surface area contributed by atoms with Gasteiger partial charge in [0.25, 0.3) is 0 Å². The third kappa shape index (κ3) is 20.6. The van der Waals surface area contributed by atoms with Crippen molar-refractivity contribution in [2.75, 3.05) is 10.6 Å². The van der Waals surface area contributed by atoms with Crippen LogP contribution in [0.5, 0.6) is 0 Å². The van der Waals surface area contributed by atoms with E-state index in [0.29, 0.717) is 23.4 Å². The first-order chi connectivity index (χ1) is 27.4. The average Bonchev–Trinajstić information content (AvgIpc) is 3.67. The molecule has 2 amide bonds. The lowest BCUT2D eigenvalue weighted by molar-refractivity contribution is -0.153. The largest absolute Gasteiger partial charge is 0.478 e. The maximum absolute atomic E-state index is 12.7. The number of esters is 2. The van der Waals surface area contributed by atoms with Crippen LogP contribution in [0.4, 0.5) is 11.4 Å². The molecule has 0 bridgehead atoms. The number of carboxylic acids is 2. The number of nitrogen functional groups attached to an aromatic ring is 1. The number of carboxylic acid groups (broad SMARTS) is 2. The lowest BCUT2D eigenvalue weighted by atomic mass is 9.98. The van der Waals surface area contributed by atoms with Gasteiger partial charge in [0, 0.05) is 30.2 Å². The van der Waals surface area contributed by atoms with Crippen molar-refractivity contribution in [2.45, 2.75) is 142 Å². The van der Waals surface area contributed by atoms with E-state index in [1.54, 1.807) is 48.5 Å². The molecule has 57 heavy (non-hydrogen) atoms. The summed E-state index contributed by atoms with van der Waals surface area (Å²) in [4.78, 5) is 69.0. The van der Waals surface area contributed by atoms with Gasteiger partial charge < -0.3 is 20.7 Å². The molecule has 312 valence electrons. The Morgan fingerprint density at radius 1 is 0.632 bits per heavy atom. The van der Waals surface area contributed by atoms with Crippen LogP contribution < -0.4 is 10.6 Å². The first-order valence-electron chi connectivity index (χ1n) is 20.8. The maximum atomic E-state index is 12.7. The molecule has 0 saturated carbocycles. The third-order valence-corrected chi connectivity index (χ3v) is 9.94. The number of aliphatic carboxylic acids is 2. The fraction of sp³-hybridized carbons (Fsp3) is 0.522. The van der Waals surface area contributed by atoms with Crippen LogP contribution in [0.25, 0.3) is 12.2 Å². The van der Waals surface area contributed by atoms with Gasteiger partial charge in [-0.2, -0.15) is 0 Å². The lowest BCUT2D eigenvalue weighted by Crippen LogP contribution is -2.30. The molecule has 2 aliphatic heterocycles. The zero-order chi connectivity index (χ0) is 41.8. The summed E-state index contributed by atoms with van der Waals surface area (Å²) in [5, 5.41) is 17.0. The standard InChI is InChI=1S/C23H31NO4.C14H24O3.C9H9NO2/c1-2-3-4-5-6-7-8-9-10-19-17-21(25)24(23(19)28)20-14-11-18(12-15-20)13-16-22(26)27;1-2-3-4-5-6-7-8-9-10-12-11-13(15)17-14(12)16;10-8-4-1-7(2-5-8)3-6-9(11)12/h11-16,19H,2-10,17H2,1H3,(H,26,27);12H,2-11H2,1H3;1-6H,10H2,(H,11,12). The minimum Gasteiger partial charge on any atom is -0.478 e. The number of carbonyl (C=O) groups is 6. The fourth-order valence-electron chi connectivity index (χ4n) is 6.66. The van der Waals surface area contributed by atoms with Crippen LogP contribution in [0.1, 0.15) is 153 Å². The first kappa shape index (κ1) is 48.1. The Morgan fingerprint density at radius 2 is 1.05 bits per heavy atom. The van der Waals surface area contributed by atoms with E-state index in [-0.39, 0.29) is 42.0 Å². The summed E-state index contributed by atoms with van der Waals surface area (Å²) in [5.74, 6) is -3.24. The number of cyclic esters (lactones) is 2. The molecule has 2 aromatic carbocycles. The molecule has 0 aromatic heterocycles. The summed E-state index contributed by atoms with van der Waals surface area (Å²) in [6.07, 6.45) is 27.1. The van der Waals surface area contributed by atoms with E-state index >= 15 is 0 Å². The third-order valence-electron chi connectivity index (χ3n) is 9.94. The summed E-state index contributed by atoms with van der Waals surface area (Å²) in [7, 11) is 0. The van der Waals surface area contributed by atoms with Crippen molar-refractivity contribution in [3.63, 3.8) is 0 Å². The number of unbranched alkanes of at least 4 members (excludes halogenated alkanes) is 14. The maximum Gasteiger partial charge on any atom is 0.328 e. The fourth-order valence-corrected chi connectivity index (χ4v) is 6.66. The molecular formula is C46H64N2O9. The lowest BCUT2D eigenvalue weighted by Gasteiger charge is -2.15. The molecular weight excluding hydrogens is 725 g/mol. The zero-order valence-electron chi connectivity index (χ0n) is 34.0. The van der Waals surface area contributed by atoms with E-state index in [0.717, 1.165) is 49.8 Å². The average molecular weight is 789 g/mol. The van der Waals surface area contributed by atoms with Crippen molar-refractivity contribution in [1.82, 2.24) is 0 Å². The number of hydrogen-bond acceptors (Lipinski definition) is 8. The van der Waals surface area contributed by atoms with Gasteiger partial charge in [-0.1, -0.05) is 141 Å². The highest BCUT2D eigenvalue weighted by atomic mass is 16.6. The predicted molar refractivity (Wildman–Crippen MR) is 225 cm³/mol. The van der Waals surface area contributed by atoms with Crippen molar-refractivity contribution < 1.29 is 43.7 Å². The van der Waals surface area contributed by atoms with Gasteiger partial charge in [-0.05, 0) is 60.4 Å². The molecule has 0 radical (unpaired) electrons. The summed E-state index contributed by atoms with van der Waals surface area (Å²) in [6.45, 7) is 4.44. The number of rotatable bonds is 23. The predicted octanol–water partition coefficient (Wildman–Crippen LogP) is 10.2. The van der Waals surface area contributed by atoms with Crippen LogP contribution in [0, 0.1) is 11.8 Å². The molecule has 4 N–H and O–H groups in total.